The lowest BCUT2D eigenvalue weighted by molar-refractivity contribution is -0.125. The van der Waals surface area contributed by atoms with Crippen LogP contribution in [0, 0.1) is 11.8 Å². The Morgan fingerprint density at radius 2 is 2.13 bits per heavy atom. The normalized spacial score (nSPS) is 19.5. The summed E-state index contributed by atoms with van der Waals surface area (Å²) < 4.78 is 0. The first-order valence-electron chi connectivity index (χ1n) is 6.10. The van der Waals surface area contributed by atoms with E-state index in [0.29, 0.717) is 0 Å². The molecule has 0 aromatic carbocycles. The van der Waals surface area contributed by atoms with Crippen molar-refractivity contribution >= 4 is 5.91 Å². The maximum absolute atomic E-state index is 11.6. The number of hydrogen-bond donors (Lipinski definition) is 1. The quantitative estimate of drug-likeness (QED) is 0.693. The second kappa shape index (κ2) is 6.65. The van der Waals surface area contributed by atoms with Crippen molar-refractivity contribution in [2.45, 2.75) is 44.9 Å². The molecule has 1 atom stereocenters. The van der Waals surface area contributed by atoms with Crippen LogP contribution in [0.1, 0.15) is 44.9 Å². The predicted molar refractivity (Wildman–Crippen MR) is 63.6 cm³/mol. The maximum atomic E-state index is 11.6. The molecule has 1 aliphatic rings. The molecule has 0 bridgehead atoms. The summed E-state index contributed by atoms with van der Waals surface area (Å²) in [5.41, 5.74) is 0. The van der Waals surface area contributed by atoms with Crippen molar-refractivity contribution in [2.24, 2.45) is 11.8 Å². The SMILES string of the molecule is C=CCC(CC1CCCCC1)C(=O)NC. The highest BCUT2D eigenvalue weighted by Gasteiger charge is 2.22. The zero-order chi connectivity index (χ0) is 11.1. The van der Waals surface area contributed by atoms with Gasteiger partial charge in [0, 0.05) is 13.0 Å². The van der Waals surface area contributed by atoms with Crippen LogP contribution in [0.25, 0.3) is 0 Å². The smallest absolute Gasteiger partial charge is 0.223 e. The van der Waals surface area contributed by atoms with Gasteiger partial charge in [-0.1, -0.05) is 38.2 Å². The first-order valence-corrected chi connectivity index (χ1v) is 6.10. The molecule has 1 unspecified atom stereocenters. The van der Waals surface area contributed by atoms with Gasteiger partial charge in [0.25, 0.3) is 0 Å². The van der Waals surface area contributed by atoms with Crippen LogP contribution in [0.5, 0.6) is 0 Å². The minimum Gasteiger partial charge on any atom is -0.359 e. The maximum Gasteiger partial charge on any atom is 0.223 e. The average Bonchev–Trinajstić information content (AvgIpc) is 2.29. The third kappa shape index (κ3) is 4.06. The van der Waals surface area contributed by atoms with Gasteiger partial charge in [0.1, 0.15) is 0 Å². The van der Waals surface area contributed by atoms with Crippen molar-refractivity contribution in [3.63, 3.8) is 0 Å². The second-order valence-electron chi connectivity index (χ2n) is 4.58. The Labute approximate surface area is 93.1 Å². The zero-order valence-corrected chi connectivity index (χ0v) is 9.80. The predicted octanol–water partition coefficient (Wildman–Crippen LogP) is 2.90. The molecule has 0 saturated heterocycles. The van der Waals surface area contributed by atoms with Crippen molar-refractivity contribution < 1.29 is 4.79 Å². The number of amides is 1. The Balaban J connectivity index is 2.41. The Hall–Kier alpha value is -0.790. The Kier molecular flexibility index (Phi) is 5.44. The molecule has 15 heavy (non-hydrogen) atoms. The highest BCUT2D eigenvalue weighted by atomic mass is 16.1. The lowest BCUT2D eigenvalue weighted by Crippen LogP contribution is -2.29. The molecule has 0 radical (unpaired) electrons. The van der Waals surface area contributed by atoms with Crippen LogP contribution in [-0.4, -0.2) is 13.0 Å². The van der Waals surface area contributed by atoms with Crippen molar-refractivity contribution in [1.29, 1.82) is 0 Å². The summed E-state index contributed by atoms with van der Waals surface area (Å²) in [4.78, 5) is 11.6. The monoisotopic (exact) mass is 209 g/mol. The van der Waals surface area contributed by atoms with Gasteiger partial charge in [-0.25, -0.2) is 0 Å². The van der Waals surface area contributed by atoms with Gasteiger partial charge in [-0.3, -0.25) is 4.79 Å². The first-order chi connectivity index (χ1) is 7.27. The average molecular weight is 209 g/mol. The van der Waals surface area contributed by atoms with Gasteiger partial charge in [-0.15, -0.1) is 6.58 Å². The minimum atomic E-state index is 0.149. The fourth-order valence-electron chi connectivity index (χ4n) is 2.54. The Morgan fingerprint density at radius 1 is 1.47 bits per heavy atom. The van der Waals surface area contributed by atoms with Crippen molar-refractivity contribution in [3.05, 3.63) is 12.7 Å². The molecule has 1 aliphatic carbocycles. The summed E-state index contributed by atoms with van der Waals surface area (Å²) >= 11 is 0. The number of carbonyl (C=O) groups excluding carboxylic acids is 1. The molecule has 0 heterocycles. The number of hydrogen-bond acceptors (Lipinski definition) is 1. The van der Waals surface area contributed by atoms with Crippen LogP contribution >= 0.6 is 0 Å². The van der Waals surface area contributed by atoms with Crippen LogP contribution in [0.4, 0.5) is 0 Å². The minimum absolute atomic E-state index is 0.149. The number of carbonyl (C=O) groups is 1. The Morgan fingerprint density at radius 3 is 2.67 bits per heavy atom. The lowest BCUT2D eigenvalue weighted by atomic mass is 9.81. The van der Waals surface area contributed by atoms with E-state index >= 15 is 0 Å². The summed E-state index contributed by atoms with van der Waals surface area (Å²) in [6.07, 6.45) is 10.4. The van der Waals surface area contributed by atoms with E-state index in [1.807, 2.05) is 6.08 Å². The van der Waals surface area contributed by atoms with E-state index < -0.39 is 0 Å². The third-order valence-electron chi connectivity index (χ3n) is 3.41. The van der Waals surface area contributed by atoms with E-state index in [-0.39, 0.29) is 11.8 Å². The van der Waals surface area contributed by atoms with Gasteiger partial charge in [-0.2, -0.15) is 0 Å². The van der Waals surface area contributed by atoms with Crippen molar-refractivity contribution in [2.75, 3.05) is 7.05 Å². The van der Waals surface area contributed by atoms with Gasteiger partial charge in [0.05, 0.1) is 0 Å². The summed E-state index contributed by atoms with van der Waals surface area (Å²) in [6, 6.07) is 0. The third-order valence-corrected chi connectivity index (χ3v) is 3.41. The molecule has 1 amide bonds. The van der Waals surface area contributed by atoms with Crippen molar-refractivity contribution in [1.82, 2.24) is 5.32 Å². The topological polar surface area (TPSA) is 29.1 Å². The summed E-state index contributed by atoms with van der Waals surface area (Å²) in [5.74, 6) is 1.09. The molecular formula is C13H23NO. The molecule has 2 heteroatoms. The molecule has 0 aromatic heterocycles. The van der Waals surface area contributed by atoms with E-state index in [4.69, 9.17) is 0 Å². The van der Waals surface area contributed by atoms with E-state index in [9.17, 15) is 4.79 Å². The molecular weight excluding hydrogens is 186 g/mol. The summed E-state index contributed by atoms with van der Waals surface area (Å²) in [7, 11) is 1.72. The van der Waals surface area contributed by atoms with Crippen LogP contribution < -0.4 is 5.32 Å². The first kappa shape index (κ1) is 12.3. The molecule has 0 aromatic rings. The van der Waals surface area contributed by atoms with Gasteiger partial charge < -0.3 is 5.32 Å². The standard InChI is InChI=1S/C13H23NO/c1-3-7-12(13(15)14-2)10-11-8-5-4-6-9-11/h3,11-12H,1,4-10H2,2H3,(H,14,15). The van der Waals surface area contributed by atoms with Gasteiger partial charge in [-0.05, 0) is 18.8 Å². The fourth-order valence-corrected chi connectivity index (χ4v) is 2.54. The Bertz CT molecular complexity index is 207. The largest absolute Gasteiger partial charge is 0.359 e. The van der Waals surface area contributed by atoms with Crippen LogP contribution in [0.15, 0.2) is 12.7 Å². The lowest BCUT2D eigenvalue weighted by Gasteiger charge is -2.25. The number of allylic oxidation sites excluding steroid dienone is 1. The summed E-state index contributed by atoms with van der Waals surface area (Å²) in [6.45, 7) is 3.73. The van der Waals surface area contributed by atoms with Crippen LogP contribution in [-0.2, 0) is 4.79 Å². The molecule has 0 spiro atoms. The fraction of sp³-hybridized carbons (Fsp3) is 0.769. The summed E-state index contributed by atoms with van der Waals surface area (Å²) in [5, 5.41) is 2.75. The van der Waals surface area contributed by atoms with Crippen LogP contribution in [0.3, 0.4) is 0 Å². The highest BCUT2D eigenvalue weighted by Crippen LogP contribution is 2.30. The van der Waals surface area contributed by atoms with Gasteiger partial charge in [0.2, 0.25) is 5.91 Å². The van der Waals surface area contributed by atoms with Crippen molar-refractivity contribution in [3.8, 4) is 0 Å². The van der Waals surface area contributed by atoms with Gasteiger partial charge in [0.15, 0.2) is 0 Å². The molecule has 1 N–H and O–H groups in total. The number of rotatable bonds is 5. The second-order valence-corrected chi connectivity index (χ2v) is 4.58. The molecule has 1 rings (SSSR count). The van der Waals surface area contributed by atoms with E-state index in [2.05, 4.69) is 11.9 Å². The van der Waals surface area contributed by atoms with E-state index in [1.54, 1.807) is 7.05 Å². The van der Waals surface area contributed by atoms with Gasteiger partial charge >= 0.3 is 0 Å². The molecule has 0 aliphatic heterocycles. The molecule has 86 valence electrons. The highest BCUT2D eigenvalue weighted by molar-refractivity contribution is 5.78. The van der Waals surface area contributed by atoms with E-state index in [1.165, 1.54) is 32.1 Å². The molecule has 1 fully saturated rings. The molecule has 1 saturated carbocycles. The van der Waals surface area contributed by atoms with Crippen LogP contribution in [0.2, 0.25) is 0 Å². The zero-order valence-electron chi connectivity index (χ0n) is 9.80. The molecule has 2 nitrogen and oxygen atoms in total. The van der Waals surface area contributed by atoms with E-state index in [0.717, 1.165) is 18.8 Å². The number of nitrogens with one attached hydrogen (secondary N) is 1.